The molecule has 0 aromatic carbocycles. The lowest BCUT2D eigenvalue weighted by Gasteiger charge is -1.86. The molecule has 0 aliphatic carbocycles. The summed E-state index contributed by atoms with van der Waals surface area (Å²) in [6, 6.07) is 0. The van der Waals surface area contributed by atoms with Crippen LogP contribution in [0.3, 0.4) is 0 Å². The van der Waals surface area contributed by atoms with Crippen molar-refractivity contribution < 1.29 is 9.18 Å². The Bertz CT molecular complexity index is 152. The number of carbonyl (C=O) groups excluding carboxylic acids is 1. The number of aldehydes is 1. The van der Waals surface area contributed by atoms with Crippen molar-refractivity contribution in [1.29, 1.82) is 0 Å². The van der Waals surface area contributed by atoms with E-state index in [0.29, 0.717) is 11.9 Å². The van der Waals surface area contributed by atoms with E-state index in [0.717, 1.165) is 6.29 Å². The number of hydrogen-bond acceptors (Lipinski definition) is 1. The Morgan fingerprint density at radius 3 is 2.80 bits per heavy atom. The number of rotatable bonds is 4. The monoisotopic (exact) mass is 138 g/mol. The molecule has 0 saturated carbocycles. The fourth-order valence-electron chi connectivity index (χ4n) is 0.417. The molecule has 1 nitrogen and oxygen atoms in total. The van der Waals surface area contributed by atoms with Gasteiger partial charge in [-0.05, 0) is 0 Å². The van der Waals surface area contributed by atoms with Gasteiger partial charge in [-0.15, -0.1) is 0 Å². The van der Waals surface area contributed by atoms with E-state index < -0.39 is 6.67 Å². The van der Waals surface area contributed by atoms with Crippen LogP contribution in [0.1, 0.15) is 6.42 Å². The second-order valence-electron chi connectivity index (χ2n) is 1.66. The van der Waals surface area contributed by atoms with Gasteiger partial charge in [-0.1, -0.05) is 23.7 Å². The van der Waals surface area contributed by atoms with Crippen molar-refractivity contribution >= 4 is 14.1 Å². The van der Waals surface area contributed by atoms with E-state index in [1.165, 1.54) is 12.2 Å². The van der Waals surface area contributed by atoms with Gasteiger partial charge in [0, 0.05) is 6.42 Å². The minimum Gasteiger partial charge on any atom is -0.303 e. The molecule has 0 aromatic rings. The molecule has 10 heavy (non-hydrogen) atoms. The number of allylic oxidation sites excluding steroid dienone is 4. The molecule has 0 aromatic heterocycles. The molecule has 0 heterocycles. The molecule has 0 unspecified atom stereocenters. The van der Waals surface area contributed by atoms with Crippen LogP contribution in [0.5, 0.6) is 0 Å². The molecule has 52 valence electrons. The van der Waals surface area contributed by atoms with Gasteiger partial charge in [0.05, 0.1) is 0 Å². The average molecular weight is 138 g/mol. The SMILES string of the molecule is [B]C(/C=C\CC=O)=C/CF. The quantitative estimate of drug-likeness (QED) is 0.323. The maximum atomic E-state index is 11.5. The van der Waals surface area contributed by atoms with E-state index in [9.17, 15) is 9.18 Å². The smallest absolute Gasteiger partial charge is 0.123 e. The zero-order valence-electron chi connectivity index (χ0n) is 5.59. The summed E-state index contributed by atoms with van der Waals surface area (Å²) in [6.45, 7) is -0.572. The maximum absolute atomic E-state index is 11.5. The van der Waals surface area contributed by atoms with Gasteiger partial charge in [0.15, 0.2) is 0 Å². The highest BCUT2D eigenvalue weighted by Crippen LogP contribution is 1.90. The predicted molar refractivity (Wildman–Crippen MR) is 39.6 cm³/mol. The predicted octanol–water partition coefficient (Wildman–Crippen LogP) is 1.15. The fraction of sp³-hybridized carbons (Fsp3) is 0.286. The molecule has 0 saturated heterocycles. The van der Waals surface area contributed by atoms with E-state index in [1.54, 1.807) is 6.08 Å². The van der Waals surface area contributed by atoms with Crippen molar-refractivity contribution in [2.75, 3.05) is 6.67 Å². The molecular weight excluding hydrogens is 130 g/mol. The van der Waals surface area contributed by atoms with E-state index >= 15 is 0 Å². The van der Waals surface area contributed by atoms with E-state index in [1.807, 2.05) is 0 Å². The molecule has 0 aliphatic heterocycles. The van der Waals surface area contributed by atoms with Crippen LogP contribution >= 0.6 is 0 Å². The van der Waals surface area contributed by atoms with E-state index in [-0.39, 0.29) is 0 Å². The summed E-state index contributed by atoms with van der Waals surface area (Å²) in [5, 5.41) is 0. The number of carbonyl (C=O) groups is 1. The van der Waals surface area contributed by atoms with Crippen molar-refractivity contribution in [2.24, 2.45) is 0 Å². The van der Waals surface area contributed by atoms with Crippen LogP contribution in [-0.4, -0.2) is 20.8 Å². The Hall–Kier alpha value is -0.855. The standard InChI is InChI=1S/C7H8BFO/c8-7(4-5-9)3-1-2-6-10/h1,3-4,6H,2,5H2/b3-1-,7-4+. The first-order valence-electron chi connectivity index (χ1n) is 2.93. The first-order chi connectivity index (χ1) is 4.81. The lowest BCUT2D eigenvalue weighted by atomic mass is 9.95. The van der Waals surface area contributed by atoms with Gasteiger partial charge in [-0.25, -0.2) is 4.39 Å². The minimum absolute atomic E-state index is 0.320. The van der Waals surface area contributed by atoms with Crippen molar-refractivity contribution in [3.05, 3.63) is 23.7 Å². The van der Waals surface area contributed by atoms with Crippen molar-refractivity contribution in [3.63, 3.8) is 0 Å². The van der Waals surface area contributed by atoms with Crippen molar-refractivity contribution in [2.45, 2.75) is 6.42 Å². The molecule has 0 aliphatic rings. The van der Waals surface area contributed by atoms with Crippen molar-refractivity contribution in [3.8, 4) is 0 Å². The van der Waals surface area contributed by atoms with Crippen LogP contribution in [0.2, 0.25) is 0 Å². The largest absolute Gasteiger partial charge is 0.303 e. The van der Waals surface area contributed by atoms with Crippen LogP contribution in [-0.2, 0) is 4.79 Å². The highest BCUT2D eigenvalue weighted by atomic mass is 19.1. The first kappa shape index (κ1) is 9.14. The third-order valence-electron chi connectivity index (χ3n) is 0.855. The van der Waals surface area contributed by atoms with E-state index in [4.69, 9.17) is 7.85 Å². The molecule has 0 spiro atoms. The van der Waals surface area contributed by atoms with Crippen LogP contribution in [0.4, 0.5) is 4.39 Å². The summed E-state index contributed by atoms with van der Waals surface area (Å²) in [5.41, 5.74) is 0.351. The lowest BCUT2D eigenvalue weighted by molar-refractivity contribution is -0.107. The molecule has 0 rings (SSSR count). The van der Waals surface area contributed by atoms with Gasteiger partial charge >= 0.3 is 0 Å². The van der Waals surface area contributed by atoms with Gasteiger partial charge in [-0.2, -0.15) is 0 Å². The Morgan fingerprint density at radius 2 is 2.30 bits per heavy atom. The maximum Gasteiger partial charge on any atom is 0.123 e. The molecular formula is C7H8BFO. The molecule has 2 radical (unpaired) electrons. The van der Waals surface area contributed by atoms with Gasteiger partial charge in [0.25, 0.3) is 0 Å². The van der Waals surface area contributed by atoms with E-state index in [2.05, 4.69) is 0 Å². The highest BCUT2D eigenvalue weighted by molar-refractivity contribution is 6.23. The molecule has 0 atom stereocenters. The second kappa shape index (κ2) is 6.27. The Morgan fingerprint density at radius 1 is 1.60 bits per heavy atom. The zero-order chi connectivity index (χ0) is 7.82. The molecule has 0 N–H and O–H groups in total. The third kappa shape index (κ3) is 5.28. The van der Waals surface area contributed by atoms with Gasteiger partial charge in [0.2, 0.25) is 0 Å². The number of hydrogen-bond donors (Lipinski definition) is 0. The Balaban J connectivity index is 3.64. The molecule has 3 heteroatoms. The minimum atomic E-state index is -0.572. The van der Waals surface area contributed by atoms with Crippen molar-refractivity contribution in [1.82, 2.24) is 0 Å². The summed E-state index contributed by atoms with van der Waals surface area (Å²) in [6.07, 6.45) is 5.39. The van der Waals surface area contributed by atoms with Gasteiger partial charge < -0.3 is 4.79 Å². The summed E-state index contributed by atoms with van der Waals surface area (Å²) in [5.74, 6) is 0. The van der Waals surface area contributed by atoms with Crippen LogP contribution in [0.15, 0.2) is 23.7 Å². The summed E-state index contributed by atoms with van der Waals surface area (Å²) in [4.78, 5) is 9.76. The van der Waals surface area contributed by atoms with Crippen LogP contribution in [0.25, 0.3) is 0 Å². The lowest BCUT2D eigenvalue weighted by Crippen LogP contribution is -1.77. The normalized spacial score (nSPS) is 12.3. The molecule has 0 bridgehead atoms. The Kier molecular flexibility index (Phi) is 5.73. The first-order valence-corrected chi connectivity index (χ1v) is 2.93. The van der Waals surface area contributed by atoms with Gasteiger partial charge in [-0.3, -0.25) is 0 Å². The number of halogens is 1. The summed E-state index contributed by atoms with van der Waals surface area (Å²) < 4.78 is 11.5. The number of alkyl halides is 1. The highest BCUT2D eigenvalue weighted by Gasteiger charge is 1.78. The summed E-state index contributed by atoms with van der Waals surface area (Å²) in [7, 11) is 5.24. The topological polar surface area (TPSA) is 17.1 Å². The fourth-order valence-corrected chi connectivity index (χ4v) is 0.417. The molecule has 0 amide bonds. The molecule has 0 fully saturated rings. The average Bonchev–Trinajstić information content (AvgIpc) is 1.89. The third-order valence-corrected chi connectivity index (χ3v) is 0.855. The Labute approximate surface area is 61.0 Å². The van der Waals surface area contributed by atoms with Crippen LogP contribution in [0, 0.1) is 0 Å². The van der Waals surface area contributed by atoms with Gasteiger partial charge in [0.1, 0.15) is 20.8 Å². The summed E-state index contributed by atoms with van der Waals surface area (Å²) >= 11 is 0. The zero-order valence-corrected chi connectivity index (χ0v) is 5.59. The van der Waals surface area contributed by atoms with Crippen LogP contribution < -0.4 is 0 Å². The second-order valence-corrected chi connectivity index (χ2v) is 1.66.